The fourth-order valence-electron chi connectivity index (χ4n) is 5.09. The van der Waals surface area contributed by atoms with Gasteiger partial charge in [-0.1, -0.05) is 0 Å². The van der Waals surface area contributed by atoms with E-state index in [0.29, 0.717) is 24.1 Å². The van der Waals surface area contributed by atoms with Gasteiger partial charge in [-0.3, -0.25) is 4.90 Å². The van der Waals surface area contributed by atoms with E-state index in [4.69, 9.17) is 14.2 Å². The molecule has 3 aliphatic rings. The van der Waals surface area contributed by atoms with Gasteiger partial charge in [-0.25, -0.2) is 4.79 Å². The van der Waals surface area contributed by atoms with Gasteiger partial charge in [-0.2, -0.15) is 0 Å². The molecule has 1 aromatic carbocycles. The Bertz CT molecular complexity index is 932. The molecule has 3 aliphatic heterocycles. The lowest BCUT2D eigenvalue weighted by Gasteiger charge is -2.47. The van der Waals surface area contributed by atoms with Crippen LogP contribution in [0.4, 0.5) is 0 Å². The predicted octanol–water partition coefficient (Wildman–Crippen LogP) is 2.80. The summed E-state index contributed by atoms with van der Waals surface area (Å²) in [5.41, 5.74) is 4.50. The van der Waals surface area contributed by atoms with E-state index in [1.807, 2.05) is 6.07 Å². The highest BCUT2D eigenvalue weighted by atomic mass is 16.5. The zero-order chi connectivity index (χ0) is 18.5. The highest BCUT2D eigenvalue weighted by molar-refractivity contribution is 5.89. The molecule has 27 heavy (non-hydrogen) atoms. The minimum Gasteiger partial charge on any atom is -0.500 e. The molecule has 3 unspecified atom stereocenters. The van der Waals surface area contributed by atoms with Gasteiger partial charge in [0.05, 0.1) is 38.7 Å². The first kappa shape index (κ1) is 16.7. The average Bonchev–Trinajstić information content (AvgIpc) is 3.09. The van der Waals surface area contributed by atoms with Gasteiger partial charge in [0.25, 0.3) is 0 Å². The van der Waals surface area contributed by atoms with E-state index >= 15 is 0 Å². The number of rotatable bonds is 2. The molecule has 6 nitrogen and oxygen atoms in total. The number of aromatic amines is 1. The minimum absolute atomic E-state index is 0.180. The third-order valence-corrected chi connectivity index (χ3v) is 6.43. The summed E-state index contributed by atoms with van der Waals surface area (Å²) in [5, 5.41) is 1.28. The summed E-state index contributed by atoms with van der Waals surface area (Å²) >= 11 is 0. The maximum atomic E-state index is 12.2. The number of esters is 1. The normalized spacial score (nSPS) is 27.0. The van der Waals surface area contributed by atoms with Crippen LogP contribution in [0.5, 0.6) is 5.75 Å². The van der Waals surface area contributed by atoms with Gasteiger partial charge < -0.3 is 19.2 Å². The summed E-state index contributed by atoms with van der Waals surface area (Å²) in [6.45, 7) is 2.66. The lowest BCUT2D eigenvalue weighted by atomic mass is 9.74. The van der Waals surface area contributed by atoms with Crippen molar-refractivity contribution >= 4 is 16.9 Å². The first-order valence-electron chi connectivity index (χ1n) is 9.52. The number of methoxy groups -OCH3 is 2. The molecule has 0 radical (unpaired) electrons. The van der Waals surface area contributed by atoms with Crippen molar-refractivity contribution in [2.75, 3.05) is 33.9 Å². The molecule has 1 aromatic heterocycles. The number of carbonyl (C=O) groups is 1. The van der Waals surface area contributed by atoms with Crippen LogP contribution in [0.15, 0.2) is 30.0 Å². The maximum Gasteiger partial charge on any atom is 0.337 e. The van der Waals surface area contributed by atoms with E-state index in [1.54, 1.807) is 13.4 Å². The summed E-state index contributed by atoms with van der Waals surface area (Å²) in [5.74, 6) is 1.11. The molecule has 1 fully saturated rings. The van der Waals surface area contributed by atoms with Gasteiger partial charge in [-0.15, -0.1) is 0 Å². The van der Waals surface area contributed by atoms with Crippen LogP contribution in [0.25, 0.3) is 10.9 Å². The molecular weight excluding hydrogens is 344 g/mol. The molecule has 0 aliphatic carbocycles. The molecule has 0 saturated carbocycles. The second kappa shape index (κ2) is 6.30. The van der Waals surface area contributed by atoms with Crippen LogP contribution in [0.2, 0.25) is 0 Å². The van der Waals surface area contributed by atoms with Gasteiger partial charge in [0.2, 0.25) is 0 Å². The molecule has 4 heterocycles. The Labute approximate surface area is 158 Å². The molecule has 0 amide bonds. The second-order valence-electron chi connectivity index (χ2n) is 7.69. The third-order valence-electron chi connectivity index (χ3n) is 6.43. The number of benzene rings is 1. The topological polar surface area (TPSA) is 63.8 Å². The molecule has 0 bridgehead atoms. The van der Waals surface area contributed by atoms with Crippen molar-refractivity contribution in [2.45, 2.75) is 18.9 Å². The van der Waals surface area contributed by atoms with Crippen molar-refractivity contribution in [2.24, 2.45) is 11.8 Å². The van der Waals surface area contributed by atoms with Gasteiger partial charge in [0.15, 0.2) is 0 Å². The maximum absolute atomic E-state index is 12.2. The van der Waals surface area contributed by atoms with Crippen molar-refractivity contribution in [3.8, 4) is 5.75 Å². The smallest absolute Gasteiger partial charge is 0.337 e. The van der Waals surface area contributed by atoms with E-state index in [-0.39, 0.29) is 11.9 Å². The zero-order valence-electron chi connectivity index (χ0n) is 15.7. The van der Waals surface area contributed by atoms with Crippen LogP contribution in [-0.2, 0) is 20.7 Å². The van der Waals surface area contributed by atoms with Gasteiger partial charge in [-0.05, 0) is 30.5 Å². The van der Waals surface area contributed by atoms with Crippen molar-refractivity contribution in [1.82, 2.24) is 9.88 Å². The Hall–Kier alpha value is -2.47. The summed E-state index contributed by atoms with van der Waals surface area (Å²) in [6, 6.07) is 6.53. The monoisotopic (exact) mass is 368 g/mol. The Morgan fingerprint density at radius 1 is 1.33 bits per heavy atom. The lowest BCUT2D eigenvalue weighted by Crippen LogP contribution is -2.49. The quantitative estimate of drug-likeness (QED) is 0.826. The van der Waals surface area contributed by atoms with E-state index < -0.39 is 0 Å². The Balaban J connectivity index is 1.53. The van der Waals surface area contributed by atoms with Crippen molar-refractivity contribution in [3.05, 3.63) is 41.3 Å². The second-order valence-corrected chi connectivity index (χ2v) is 7.69. The number of H-pyrrole nitrogens is 1. The molecule has 5 rings (SSSR count). The Morgan fingerprint density at radius 3 is 3.04 bits per heavy atom. The standard InChI is InChI=1S/C21H24N2O4/c1-25-13-3-4-14-15-5-6-23-9-12-10-27-11-17(21(24)26-2)16(12)8-19(23)20(15)22-18(14)7-13/h3-4,7,11-12,16,19,22H,5-6,8-10H2,1-2H3. The fraction of sp³-hybridized carbons (Fsp3) is 0.476. The minimum atomic E-state index is -0.268. The third kappa shape index (κ3) is 2.54. The first-order chi connectivity index (χ1) is 13.2. The molecular formula is C21H24N2O4. The molecule has 3 atom stereocenters. The van der Waals surface area contributed by atoms with Crippen LogP contribution >= 0.6 is 0 Å². The number of hydrogen-bond donors (Lipinski definition) is 1. The number of carbonyl (C=O) groups excluding carboxylic acids is 1. The number of nitrogens with zero attached hydrogens (tertiary/aromatic N) is 1. The van der Waals surface area contributed by atoms with Gasteiger partial charge >= 0.3 is 5.97 Å². The van der Waals surface area contributed by atoms with Crippen LogP contribution in [0, 0.1) is 11.8 Å². The number of ether oxygens (including phenoxy) is 3. The van der Waals surface area contributed by atoms with Crippen LogP contribution in [0.1, 0.15) is 23.7 Å². The first-order valence-corrected chi connectivity index (χ1v) is 9.52. The van der Waals surface area contributed by atoms with Crippen molar-refractivity contribution in [3.63, 3.8) is 0 Å². The van der Waals surface area contributed by atoms with E-state index in [2.05, 4.69) is 22.0 Å². The SMILES string of the molecule is COC(=O)C1=COCC2CN3CCc4c([nH]c5cc(OC)ccc45)C3CC12. The highest BCUT2D eigenvalue weighted by Gasteiger charge is 2.44. The lowest BCUT2D eigenvalue weighted by molar-refractivity contribution is -0.138. The largest absolute Gasteiger partial charge is 0.500 e. The number of piperidine rings is 1. The van der Waals surface area contributed by atoms with Crippen LogP contribution < -0.4 is 4.74 Å². The zero-order valence-corrected chi connectivity index (χ0v) is 15.7. The average molecular weight is 368 g/mol. The summed E-state index contributed by atoms with van der Waals surface area (Å²) in [6.07, 6.45) is 3.56. The van der Waals surface area contributed by atoms with Crippen LogP contribution in [-0.4, -0.2) is 49.8 Å². The molecule has 1 N–H and O–H groups in total. The van der Waals surface area contributed by atoms with Crippen molar-refractivity contribution in [1.29, 1.82) is 0 Å². The summed E-state index contributed by atoms with van der Waals surface area (Å²) in [4.78, 5) is 18.4. The van der Waals surface area contributed by atoms with E-state index in [0.717, 1.165) is 37.2 Å². The predicted molar refractivity (Wildman–Crippen MR) is 101 cm³/mol. The van der Waals surface area contributed by atoms with E-state index in [1.165, 1.54) is 23.8 Å². The van der Waals surface area contributed by atoms with Gasteiger partial charge in [0, 0.05) is 47.6 Å². The van der Waals surface area contributed by atoms with Gasteiger partial charge in [0.1, 0.15) is 5.75 Å². The molecule has 2 aromatic rings. The summed E-state index contributed by atoms with van der Waals surface area (Å²) in [7, 11) is 3.13. The van der Waals surface area contributed by atoms with Crippen molar-refractivity contribution < 1.29 is 19.0 Å². The fourth-order valence-corrected chi connectivity index (χ4v) is 5.09. The molecule has 142 valence electrons. The summed E-state index contributed by atoms with van der Waals surface area (Å²) < 4.78 is 16.0. The molecule has 1 saturated heterocycles. The highest BCUT2D eigenvalue weighted by Crippen LogP contribution is 2.46. The molecule has 0 spiro atoms. The van der Waals surface area contributed by atoms with Crippen LogP contribution in [0.3, 0.4) is 0 Å². The number of aromatic nitrogens is 1. The number of hydrogen-bond acceptors (Lipinski definition) is 5. The molecule has 6 heteroatoms. The number of nitrogens with one attached hydrogen (secondary N) is 1. The Kier molecular flexibility index (Phi) is 3.90. The van der Waals surface area contributed by atoms with E-state index in [9.17, 15) is 4.79 Å². The Morgan fingerprint density at radius 2 is 2.22 bits per heavy atom. The number of fused-ring (bicyclic) bond motifs is 6.